The summed E-state index contributed by atoms with van der Waals surface area (Å²) in [6.07, 6.45) is 2.86. The Morgan fingerprint density at radius 1 is 1.30 bits per heavy atom. The van der Waals surface area contributed by atoms with E-state index >= 15 is 0 Å². The number of aromatic nitrogens is 1. The highest BCUT2D eigenvalue weighted by atomic mass is 32.1. The molecule has 0 spiro atoms. The lowest BCUT2D eigenvalue weighted by Gasteiger charge is -2.34. The number of H-pyrrole nitrogens is 1. The standard InChI is InChI=1S/C18H18N4O4S/c1-21-15(23)12(16(24)22(2)18(21)27)9-20-14(17(25)26)7-10-8-19-13-6-4-3-5-11(10)13/h3-6,8-9,12,14,19H,7H2,1-2H3,(H,25,26)/p-1/t14-/m0/s1. The van der Waals surface area contributed by atoms with E-state index in [1.165, 1.54) is 23.9 Å². The van der Waals surface area contributed by atoms with Gasteiger partial charge in [-0.15, -0.1) is 0 Å². The number of benzene rings is 1. The van der Waals surface area contributed by atoms with Gasteiger partial charge >= 0.3 is 0 Å². The zero-order valence-corrected chi connectivity index (χ0v) is 15.5. The number of thiocarbonyl (C=S) groups is 1. The molecular formula is C18H17N4O4S-. The predicted octanol–water partition coefficient (Wildman–Crippen LogP) is -0.269. The number of hydrogen-bond donors (Lipinski definition) is 1. The third kappa shape index (κ3) is 3.45. The largest absolute Gasteiger partial charge is 0.548 e. The Kier molecular flexibility index (Phi) is 5.04. The summed E-state index contributed by atoms with van der Waals surface area (Å²) >= 11 is 5.02. The van der Waals surface area contributed by atoms with Gasteiger partial charge in [0.05, 0.1) is 12.0 Å². The molecule has 1 saturated heterocycles. The number of aromatic amines is 1. The van der Waals surface area contributed by atoms with Gasteiger partial charge < -0.3 is 14.9 Å². The molecule has 1 aromatic carbocycles. The van der Waals surface area contributed by atoms with E-state index in [1.807, 2.05) is 24.3 Å². The van der Waals surface area contributed by atoms with Crippen molar-refractivity contribution < 1.29 is 19.5 Å². The topological polar surface area (TPSA) is 109 Å². The molecule has 0 radical (unpaired) electrons. The van der Waals surface area contributed by atoms with Crippen molar-refractivity contribution in [1.82, 2.24) is 14.8 Å². The minimum atomic E-state index is -1.38. The lowest BCUT2D eigenvalue weighted by molar-refractivity contribution is -0.307. The number of nitrogens with one attached hydrogen (secondary N) is 1. The third-order valence-electron chi connectivity index (χ3n) is 4.54. The van der Waals surface area contributed by atoms with Gasteiger partial charge in [0.25, 0.3) is 0 Å². The molecule has 3 rings (SSSR count). The number of carbonyl (C=O) groups is 3. The van der Waals surface area contributed by atoms with E-state index in [1.54, 1.807) is 6.20 Å². The van der Waals surface area contributed by atoms with Crippen molar-refractivity contribution in [2.45, 2.75) is 12.5 Å². The number of aliphatic carboxylic acids is 1. The van der Waals surface area contributed by atoms with Gasteiger partial charge in [-0.3, -0.25) is 24.4 Å². The molecular weight excluding hydrogens is 368 g/mol. The number of carboxylic acids is 1. The number of hydrogen-bond acceptors (Lipinski definition) is 6. The molecule has 1 atom stereocenters. The first kappa shape index (κ1) is 18.7. The second kappa shape index (κ2) is 7.28. The molecule has 27 heavy (non-hydrogen) atoms. The summed E-state index contributed by atoms with van der Waals surface area (Å²) in [5.74, 6) is -3.69. The monoisotopic (exact) mass is 385 g/mol. The van der Waals surface area contributed by atoms with Crippen LogP contribution in [0.4, 0.5) is 0 Å². The van der Waals surface area contributed by atoms with E-state index in [4.69, 9.17) is 12.2 Å². The molecule has 1 aromatic heterocycles. The van der Waals surface area contributed by atoms with Crippen LogP contribution in [0.5, 0.6) is 0 Å². The second-order valence-corrected chi connectivity index (χ2v) is 6.62. The van der Waals surface area contributed by atoms with Crippen LogP contribution in [0.15, 0.2) is 35.5 Å². The van der Waals surface area contributed by atoms with Crippen LogP contribution in [0.25, 0.3) is 10.9 Å². The van der Waals surface area contributed by atoms with Gasteiger partial charge in [0.1, 0.15) is 0 Å². The van der Waals surface area contributed by atoms with Crippen molar-refractivity contribution in [1.29, 1.82) is 0 Å². The van der Waals surface area contributed by atoms with E-state index in [2.05, 4.69) is 9.98 Å². The van der Waals surface area contributed by atoms with Crippen LogP contribution < -0.4 is 5.11 Å². The van der Waals surface area contributed by atoms with Crippen LogP contribution in [0.1, 0.15) is 5.56 Å². The SMILES string of the molecule is CN1C(=O)C(C=N[C@@H](Cc2c[nH]c3ccccc23)C(=O)[O-])C(=O)N(C)C1=S. The van der Waals surface area contributed by atoms with Gasteiger partial charge in [0.2, 0.25) is 11.8 Å². The highest BCUT2D eigenvalue weighted by molar-refractivity contribution is 7.80. The minimum Gasteiger partial charge on any atom is -0.548 e. The van der Waals surface area contributed by atoms with E-state index in [9.17, 15) is 19.5 Å². The Balaban J connectivity index is 1.84. The molecule has 2 amide bonds. The average molecular weight is 385 g/mol. The number of nitrogens with zero attached hydrogens (tertiary/aromatic N) is 3. The van der Waals surface area contributed by atoms with Gasteiger partial charge in [0, 0.05) is 43.8 Å². The van der Waals surface area contributed by atoms with E-state index < -0.39 is 29.7 Å². The summed E-state index contributed by atoms with van der Waals surface area (Å²) in [7, 11) is 2.91. The molecule has 9 heteroatoms. The Hall–Kier alpha value is -3.07. The maximum absolute atomic E-state index is 12.3. The Labute approximate surface area is 160 Å². The number of para-hydroxylation sites is 1. The molecule has 2 heterocycles. The van der Waals surface area contributed by atoms with Gasteiger partial charge in [-0.1, -0.05) is 18.2 Å². The smallest absolute Gasteiger partial charge is 0.246 e. The van der Waals surface area contributed by atoms with Gasteiger partial charge in [-0.25, -0.2) is 0 Å². The fraction of sp³-hybridized carbons (Fsp3) is 0.278. The average Bonchev–Trinajstić information content (AvgIpc) is 3.06. The minimum absolute atomic E-state index is 0.0715. The summed E-state index contributed by atoms with van der Waals surface area (Å²) in [5, 5.41) is 12.5. The van der Waals surface area contributed by atoms with Crippen LogP contribution in [0.2, 0.25) is 0 Å². The molecule has 0 unspecified atom stereocenters. The normalized spacial score (nSPS) is 17.3. The zero-order valence-electron chi connectivity index (χ0n) is 14.7. The molecule has 0 saturated carbocycles. The first-order valence-corrected chi connectivity index (χ1v) is 8.60. The Morgan fingerprint density at radius 2 is 1.93 bits per heavy atom. The van der Waals surface area contributed by atoms with Crippen molar-refractivity contribution in [3.63, 3.8) is 0 Å². The summed E-state index contributed by atoms with van der Waals surface area (Å²) in [4.78, 5) is 45.5. The number of rotatable bonds is 5. The van der Waals surface area contributed by atoms with Crippen LogP contribution in [0, 0.1) is 5.92 Å². The fourth-order valence-electron chi connectivity index (χ4n) is 2.96. The first-order valence-electron chi connectivity index (χ1n) is 8.19. The molecule has 1 N–H and O–H groups in total. The molecule has 1 fully saturated rings. The molecule has 0 bridgehead atoms. The number of amides is 2. The molecule has 140 valence electrons. The van der Waals surface area contributed by atoms with E-state index in [-0.39, 0.29) is 11.5 Å². The summed E-state index contributed by atoms with van der Waals surface area (Å²) < 4.78 is 0. The number of carbonyl (C=O) groups excluding carboxylic acids is 3. The maximum Gasteiger partial charge on any atom is 0.246 e. The molecule has 1 aliphatic heterocycles. The summed E-state index contributed by atoms with van der Waals surface area (Å²) in [5.41, 5.74) is 1.64. The molecule has 0 aliphatic carbocycles. The Morgan fingerprint density at radius 3 is 2.56 bits per heavy atom. The summed E-state index contributed by atoms with van der Waals surface area (Å²) in [6, 6.07) is 6.24. The van der Waals surface area contributed by atoms with Crippen LogP contribution >= 0.6 is 12.2 Å². The van der Waals surface area contributed by atoms with Crippen molar-refractivity contribution in [3.8, 4) is 0 Å². The quantitative estimate of drug-likeness (QED) is 0.433. The van der Waals surface area contributed by atoms with E-state index in [0.29, 0.717) is 0 Å². The van der Waals surface area contributed by atoms with E-state index in [0.717, 1.165) is 22.7 Å². The van der Waals surface area contributed by atoms with Crippen LogP contribution in [-0.2, 0) is 20.8 Å². The lowest BCUT2D eigenvalue weighted by atomic mass is 10.0. The Bertz CT molecular complexity index is 943. The second-order valence-electron chi connectivity index (χ2n) is 6.25. The van der Waals surface area contributed by atoms with Gasteiger partial charge in [-0.05, 0) is 23.8 Å². The molecule has 2 aromatic rings. The third-order valence-corrected chi connectivity index (χ3v) is 5.09. The van der Waals surface area contributed by atoms with Gasteiger partial charge in [-0.2, -0.15) is 0 Å². The number of fused-ring (bicyclic) bond motifs is 1. The van der Waals surface area contributed by atoms with Crippen molar-refractivity contribution >= 4 is 52.2 Å². The number of carboxylic acid groups (broad SMARTS) is 1. The molecule has 1 aliphatic rings. The summed E-state index contributed by atoms with van der Waals surface area (Å²) in [6.45, 7) is 0. The van der Waals surface area contributed by atoms with Crippen LogP contribution in [-0.4, -0.2) is 64.0 Å². The molecule has 8 nitrogen and oxygen atoms in total. The number of aliphatic imine (C=N–C) groups is 1. The predicted molar refractivity (Wildman–Crippen MR) is 101 cm³/mol. The van der Waals surface area contributed by atoms with Gasteiger partial charge in [0.15, 0.2) is 11.0 Å². The maximum atomic E-state index is 12.3. The first-order chi connectivity index (χ1) is 12.8. The highest BCUT2D eigenvalue weighted by Gasteiger charge is 2.39. The zero-order chi connectivity index (χ0) is 19.7. The van der Waals surface area contributed by atoms with Crippen molar-refractivity contribution in [3.05, 3.63) is 36.0 Å². The van der Waals surface area contributed by atoms with Crippen molar-refractivity contribution in [2.24, 2.45) is 10.9 Å². The van der Waals surface area contributed by atoms with Crippen molar-refractivity contribution in [2.75, 3.05) is 14.1 Å². The fourth-order valence-corrected chi connectivity index (χ4v) is 3.14. The lowest BCUT2D eigenvalue weighted by Crippen LogP contribution is -2.57. The highest BCUT2D eigenvalue weighted by Crippen LogP contribution is 2.20. The van der Waals surface area contributed by atoms with Crippen LogP contribution in [0.3, 0.4) is 0 Å².